The molecule has 0 spiro atoms. The van der Waals surface area contributed by atoms with Crippen molar-refractivity contribution >= 4 is 10.9 Å². The van der Waals surface area contributed by atoms with E-state index in [1.165, 1.54) is 25.7 Å². The van der Waals surface area contributed by atoms with Crippen LogP contribution in [-0.2, 0) is 0 Å². The monoisotopic (exact) mass is 436 g/mol. The molecule has 3 aromatic rings. The van der Waals surface area contributed by atoms with Gasteiger partial charge in [0.1, 0.15) is 6.04 Å². The summed E-state index contributed by atoms with van der Waals surface area (Å²) in [7, 11) is 0. The van der Waals surface area contributed by atoms with Crippen LogP contribution in [0.1, 0.15) is 74.8 Å². The summed E-state index contributed by atoms with van der Waals surface area (Å²) in [5.74, 6) is 2.15. The van der Waals surface area contributed by atoms with Crippen molar-refractivity contribution in [1.29, 1.82) is 0 Å². The second-order valence-electron chi connectivity index (χ2n) is 9.12. The average Bonchev–Trinajstić information content (AvgIpc) is 3.49. The number of tetrazole rings is 1. The molecule has 9 heteroatoms. The van der Waals surface area contributed by atoms with Gasteiger partial charge in [0, 0.05) is 17.0 Å². The minimum absolute atomic E-state index is 0.106. The summed E-state index contributed by atoms with van der Waals surface area (Å²) in [5, 5.41) is 13.9. The predicted octanol–water partition coefficient (Wildman–Crippen LogP) is 3.32. The number of hydrogen-bond donors (Lipinski definition) is 1. The number of likely N-dealkylation sites (tertiary alicyclic amines) is 1. The Labute approximate surface area is 185 Å². The zero-order chi connectivity index (χ0) is 21.5. The van der Waals surface area contributed by atoms with Gasteiger partial charge in [0.15, 0.2) is 17.3 Å². The van der Waals surface area contributed by atoms with Crippen molar-refractivity contribution in [2.24, 2.45) is 0 Å². The zero-order valence-corrected chi connectivity index (χ0v) is 18.1. The summed E-state index contributed by atoms with van der Waals surface area (Å²) in [6, 6.07) is 5.79. The Morgan fingerprint density at radius 3 is 2.53 bits per heavy atom. The summed E-state index contributed by atoms with van der Waals surface area (Å²) in [4.78, 5) is 18.8. The molecule has 2 aliphatic heterocycles. The van der Waals surface area contributed by atoms with Crippen molar-refractivity contribution in [3.05, 3.63) is 39.9 Å². The molecule has 6 rings (SSSR count). The first-order chi connectivity index (χ1) is 15.8. The van der Waals surface area contributed by atoms with Gasteiger partial charge in [-0.1, -0.05) is 25.7 Å². The van der Waals surface area contributed by atoms with Crippen LogP contribution in [0.4, 0.5) is 0 Å². The zero-order valence-electron chi connectivity index (χ0n) is 18.1. The largest absolute Gasteiger partial charge is 0.454 e. The number of H-pyrrole nitrogens is 1. The smallest absolute Gasteiger partial charge is 0.253 e. The van der Waals surface area contributed by atoms with Crippen molar-refractivity contribution in [3.8, 4) is 11.5 Å². The number of nitrogens with one attached hydrogen (secondary N) is 1. The maximum absolute atomic E-state index is 13.4. The molecule has 3 aliphatic rings. The Morgan fingerprint density at radius 1 is 0.969 bits per heavy atom. The summed E-state index contributed by atoms with van der Waals surface area (Å²) >= 11 is 0. The van der Waals surface area contributed by atoms with E-state index in [4.69, 9.17) is 9.47 Å². The van der Waals surface area contributed by atoms with Crippen LogP contribution in [0.2, 0.25) is 0 Å². The number of ether oxygens (including phenoxy) is 2. The minimum atomic E-state index is -0.272. The SMILES string of the molecule is O=c1[nH]c2cc3c(cc2cc1[C@H](c1nnnn1C1CCCCC1)N1CCCCC1)OCO3. The fourth-order valence-corrected chi connectivity index (χ4v) is 5.46. The Kier molecular flexibility index (Phi) is 5.05. The summed E-state index contributed by atoms with van der Waals surface area (Å²) < 4.78 is 13.0. The maximum atomic E-state index is 13.4. The fraction of sp³-hybridized carbons (Fsp3) is 0.565. The standard InChI is InChI=1S/C23H28N6O3/c30-23-17(11-15-12-19-20(32-14-31-19)13-18(15)24-23)21(28-9-5-2-6-10-28)22-25-26-27-29(22)16-7-3-1-4-8-16/h11-13,16,21H,1-10,14H2,(H,24,30)/t21-/m1/s1. The molecule has 0 radical (unpaired) electrons. The van der Waals surface area contributed by atoms with Crippen LogP contribution in [0, 0.1) is 0 Å². The summed E-state index contributed by atoms with van der Waals surface area (Å²) in [6.45, 7) is 2.07. The van der Waals surface area contributed by atoms with Gasteiger partial charge in [0.25, 0.3) is 5.56 Å². The summed E-state index contributed by atoms with van der Waals surface area (Å²) in [6.07, 6.45) is 9.28. The molecular formula is C23H28N6O3. The molecule has 9 nitrogen and oxygen atoms in total. The van der Waals surface area contributed by atoms with E-state index in [1.54, 1.807) is 0 Å². The fourth-order valence-electron chi connectivity index (χ4n) is 5.46. The predicted molar refractivity (Wildman–Crippen MR) is 118 cm³/mol. The van der Waals surface area contributed by atoms with E-state index in [-0.39, 0.29) is 18.4 Å². The van der Waals surface area contributed by atoms with Crippen LogP contribution in [0.15, 0.2) is 23.0 Å². The number of hydrogen-bond acceptors (Lipinski definition) is 7. The molecule has 0 amide bonds. The van der Waals surface area contributed by atoms with Crippen molar-refractivity contribution in [3.63, 3.8) is 0 Å². The third-order valence-electron chi connectivity index (χ3n) is 7.10. The van der Waals surface area contributed by atoms with Crippen LogP contribution in [0.5, 0.6) is 11.5 Å². The Bertz CT molecular complexity index is 1180. The molecule has 1 saturated heterocycles. The van der Waals surface area contributed by atoms with Gasteiger partial charge >= 0.3 is 0 Å². The third-order valence-corrected chi connectivity index (χ3v) is 7.10. The van der Waals surface area contributed by atoms with Crippen molar-refractivity contribution in [2.45, 2.75) is 63.5 Å². The number of pyridine rings is 1. The molecule has 168 valence electrons. The van der Waals surface area contributed by atoms with E-state index >= 15 is 0 Å². The lowest BCUT2D eigenvalue weighted by molar-refractivity contribution is 0.171. The molecule has 1 N–H and O–H groups in total. The van der Waals surface area contributed by atoms with Gasteiger partial charge in [-0.3, -0.25) is 9.69 Å². The molecule has 1 atom stereocenters. The van der Waals surface area contributed by atoms with Gasteiger partial charge in [0.05, 0.1) is 11.6 Å². The highest BCUT2D eigenvalue weighted by Crippen LogP contribution is 2.37. The highest BCUT2D eigenvalue weighted by Gasteiger charge is 2.33. The van der Waals surface area contributed by atoms with Crippen molar-refractivity contribution in [2.75, 3.05) is 19.9 Å². The molecule has 1 saturated carbocycles. The van der Waals surface area contributed by atoms with E-state index in [1.807, 2.05) is 22.9 Å². The molecule has 4 heterocycles. The van der Waals surface area contributed by atoms with E-state index in [0.717, 1.165) is 55.5 Å². The number of nitrogens with zero attached hydrogens (tertiary/aromatic N) is 5. The second kappa shape index (κ2) is 8.20. The first-order valence-electron chi connectivity index (χ1n) is 11.8. The van der Waals surface area contributed by atoms with E-state index in [0.29, 0.717) is 23.1 Å². The normalized spacial score (nSPS) is 20.6. The average molecular weight is 437 g/mol. The van der Waals surface area contributed by atoms with Crippen molar-refractivity contribution < 1.29 is 9.47 Å². The van der Waals surface area contributed by atoms with Gasteiger partial charge < -0.3 is 14.5 Å². The summed E-state index contributed by atoms with van der Waals surface area (Å²) in [5.41, 5.74) is 1.32. The van der Waals surface area contributed by atoms with Gasteiger partial charge in [0.2, 0.25) is 6.79 Å². The second-order valence-corrected chi connectivity index (χ2v) is 9.12. The van der Waals surface area contributed by atoms with Gasteiger partial charge in [-0.2, -0.15) is 0 Å². The Morgan fingerprint density at radius 2 is 1.72 bits per heavy atom. The molecule has 32 heavy (non-hydrogen) atoms. The molecule has 0 unspecified atom stereocenters. The van der Waals surface area contributed by atoms with E-state index in [9.17, 15) is 4.79 Å². The molecule has 0 bridgehead atoms. The first kappa shape index (κ1) is 19.7. The number of rotatable bonds is 4. The number of piperidine rings is 1. The highest BCUT2D eigenvalue weighted by molar-refractivity contribution is 5.83. The molecule has 1 aromatic carbocycles. The third kappa shape index (κ3) is 3.44. The van der Waals surface area contributed by atoms with Gasteiger partial charge in [-0.25, -0.2) is 4.68 Å². The Balaban J connectivity index is 1.48. The lowest BCUT2D eigenvalue weighted by Gasteiger charge is -2.34. The molecule has 2 fully saturated rings. The number of aromatic amines is 1. The quantitative estimate of drug-likeness (QED) is 0.670. The van der Waals surface area contributed by atoms with Crippen molar-refractivity contribution in [1.82, 2.24) is 30.1 Å². The number of fused-ring (bicyclic) bond motifs is 2. The number of aromatic nitrogens is 5. The minimum Gasteiger partial charge on any atom is -0.454 e. The molecule has 1 aliphatic carbocycles. The lowest BCUT2D eigenvalue weighted by atomic mass is 9.94. The van der Waals surface area contributed by atoms with Crippen LogP contribution in [0.25, 0.3) is 10.9 Å². The van der Waals surface area contributed by atoms with E-state index in [2.05, 4.69) is 25.4 Å². The van der Waals surface area contributed by atoms with Gasteiger partial charge in [-0.05, 0) is 61.3 Å². The van der Waals surface area contributed by atoms with Crippen LogP contribution in [0.3, 0.4) is 0 Å². The van der Waals surface area contributed by atoms with E-state index < -0.39 is 0 Å². The van der Waals surface area contributed by atoms with Gasteiger partial charge in [-0.15, -0.1) is 5.10 Å². The molecular weight excluding hydrogens is 408 g/mol. The molecule has 2 aromatic heterocycles. The maximum Gasteiger partial charge on any atom is 0.253 e. The highest BCUT2D eigenvalue weighted by atomic mass is 16.7. The topological polar surface area (TPSA) is 98.2 Å². The lowest BCUT2D eigenvalue weighted by Crippen LogP contribution is -2.39. The van der Waals surface area contributed by atoms with Crippen LogP contribution < -0.4 is 15.0 Å². The first-order valence-corrected chi connectivity index (χ1v) is 11.8. The number of benzene rings is 1. The van der Waals surface area contributed by atoms with Crippen LogP contribution >= 0.6 is 0 Å². The Hall–Kier alpha value is -2.94. The van der Waals surface area contributed by atoms with Crippen LogP contribution in [-0.4, -0.2) is 50.0 Å².